The molecule has 1 saturated carbocycles. The van der Waals surface area contributed by atoms with Crippen LogP contribution in [0.1, 0.15) is 32.5 Å². The van der Waals surface area contributed by atoms with Gasteiger partial charge in [0.2, 0.25) is 0 Å². The van der Waals surface area contributed by atoms with Gasteiger partial charge in [0.25, 0.3) is 0 Å². The fourth-order valence-electron chi connectivity index (χ4n) is 2.39. The van der Waals surface area contributed by atoms with E-state index in [1.165, 1.54) is 12.8 Å². The van der Waals surface area contributed by atoms with Crippen molar-refractivity contribution in [3.63, 3.8) is 0 Å². The first-order chi connectivity index (χ1) is 7.99. The molecule has 94 valence electrons. The quantitative estimate of drug-likeness (QED) is 0.821. The summed E-state index contributed by atoms with van der Waals surface area (Å²) in [5.74, 6) is 1.80. The van der Waals surface area contributed by atoms with Gasteiger partial charge in [-0.25, -0.2) is 4.98 Å². The van der Waals surface area contributed by atoms with E-state index in [0.29, 0.717) is 33.8 Å². The van der Waals surface area contributed by atoms with Gasteiger partial charge < -0.3 is 10.3 Å². The van der Waals surface area contributed by atoms with Crippen molar-refractivity contribution in [3.05, 3.63) is 16.1 Å². The van der Waals surface area contributed by atoms with Gasteiger partial charge in [-0.3, -0.25) is 0 Å². The number of nitrogens with one attached hydrogen (secondary N) is 2. The molecular formula is C11H15Cl2N3S. The van der Waals surface area contributed by atoms with Crippen LogP contribution < -0.4 is 5.32 Å². The second-order valence-electron chi connectivity index (χ2n) is 4.72. The van der Waals surface area contributed by atoms with E-state index in [4.69, 9.17) is 35.4 Å². The second kappa shape index (κ2) is 5.12. The summed E-state index contributed by atoms with van der Waals surface area (Å²) < 4.78 is 0. The number of H-pyrrole nitrogens is 1. The summed E-state index contributed by atoms with van der Waals surface area (Å²) in [6.45, 7) is 4.48. The van der Waals surface area contributed by atoms with Crippen LogP contribution in [0.5, 0.6) is 0 Å². The Labute approximate surface area is 116 Å². The van der Waals surface area contributed by atoms with Crippen LogP contribution in [0, 0.1) is 11.8 Å². The molecule has 0 amide bonds. The number of halogens is 2. The summed E-state index contributed by atoms with van der Waals surface area (Å²) >= 11 is 16.9. The predicted molar refractivity (Wildman–Crippen MR) is 74.8 cm³/mol. The zero-order valence-electron chi connectivity index (χ0n) is 9.76. The maximum absolute atomic E-state index is 5.81. The SMILES string of the molecule is C[C@@H]1CC[C@@H](C)C1NC(=S)c1nc(Cl)c(Cl)[nH]1. The largest absolute Gasteiger partial charge is 0.370 e. The van der Waals surface area contributed by atoms with Crippen LogP contribution in [0.2, 0.25) is 10.3 Å². The molecule has 1 aromatic heterocycles. The highest BCUT2D eigenvalue weighted by Gasteiger charge is 2.31. The standard InChI is InChI=1S/C11H15Cl2N3S/c1-5-3-4-6(2)7(5)14-11(17)10-15-8(12)9(13)16-10/h5-7H,3-4H2,1-2H3,(H,14,17)(H,15,16)/t5-,6-/m1/s1. The highest BCUT2D eigenvalue weighted by Crippen LogP contribution is 2.30. The molecule has 1 fully saturated rings. The lowest BCUT2D eigenvalue weighted by atomic mass is 10.0. The summed E-state index contributed by atoms with van der Waals surface area (Å²) in [6, 6.07) is 0.408. The molecule has 0 saturated heterocycles. The summed E-state index contributed by atoms with van der Waals surface area (Å²) in [5.41, 5.74) is 0. The average Bonchev–Trinajstić information content (AvgIpc) is 2.76. The monoisotopic (exact) mass is 291 g/mol. The van der Waals surface area contributed by atoms with E-state index >= 15 is 0 Å². The van der Waals surface area contributed by atoms with Crippen molar-refractivity contribution >= 4 is 40.4 Å². The Morgan fingerprint density at radius 3 is 2.41 bits per heavy atom. The Morgan fingerprint density at radius 2 is 1.94 bits per heavy atom. The molecule has 6 heteroatoms. The number of aromatic amines is 1. The first-order valence-electron chi connectivity index (χ1n) is 5.71. The third-order valence-corrected chi connectivity index (χ3v) is 4.39. The van der Waals surface area contributed by atoms with Gasteiger partial charge in [-0.15, -0.1) is 0 Å². The minimum Gasteiger partial charge on any atom is -0.370 e. The van der Waals surface area contributed by atoms with Gasteiger partial charge in [0, 0.05) is 6.04 Å². The molecule has 1 aromatic rings. The number of hydrogen-bond donors (Lipinski definition) is 2. The number of rotatable bonds is 2. The van der Waals surface area contributed by atoms with Gasteiger partial charge in [0.1, 0.15) is 10.1 Å². The van der Waals surface area contributed by atoms with Gasteiger partial charge in [0.05, 0.1) is 0 Å². The smallest absolute Gasteiger partial charge is 0.167 e. The highest BCUT2D eigenvalue weighted by atomic mass is 35.5. The van der Waals surface area contributed by atoms with Crippen LogP contribution in [0.25, 0.3) is 0 Å². The van der Waals surface area contributed by atoms with Gasteiger partial charge in [0.15, 0.2) is 11.0 Å². The van der Waals surface area contributed by atoms with Crippen LogP contribution in [-0.2, 0) is 0 Å². The van der Waals surface area contributed by atoms with Crippen molar-refractivity contribution in [1.29, 1.82) is 0 Å². The minimum atomic E-state index is 0.262. The van der Waals surface area contributed by atoms with Crippen LogP contribution in [0.15, 0.2) is 0 Å². The minimum absolute atomic E-state index is 0.262. The maximum Gasteiger partial charge on any atom is 0.167 e. The summed E-state index contributed by atoms with van der Waals surface area (Å²) in [5, 5.41) is 3.95. The van der Waals surface area contributed by atoms with Crippen LogP contribution in [-0.4, -0.2) is 21.0 Å². The Bertz CT molecular complexity index is 403. The van der Waals surface area contributed by atoms with E-state index in [1.807, 2.05) is 0 Å². The average molecular weight is 292 g/mol. The van der Waals surface area contributed by atoms with Gasteiger partial charge in [-0.05, 0) is 24.7 Å². The van der Waals surface area contributed by atoms with Crippen molar-refractivity contribution in [3.8, 4) is 0 Å². The van der Waals surface area contributed by atoms with E-state index in [1.54, 1.807) is 0 Å². The van der Waals surface area contributed by atoms with Gasteiger partial charge >= 0.3 is 0 Å². The Morgan fingerprint density at radius 1 is 1.35 bits per heavy atom. The molecule has 1 heterocycles. The van der Waals surface area contributed by atoms with Crippen molar-refractivity contribution in [2.24, 2.45) is 11.8 Å². The van der Waals surface area contributed by atoms with Crippen molar-refractivity contribution in [2.75, 3.05) is 0 Å². The van der Waals surface area contributed by atoms with E-state index < -0.39 is 0 Å². The van der Waals surface area contributed by atoms with E-state index in [-0.39, 0.29) is 5.15 Å². The van der Waals surface area contributed by atoms with Crippen LogP contribution in [0.3, 0.4) is 0 Å². The normalized spacial score (nSPS) is 25.2. The zero-order valence-corrected chi connectivity index (χ0v) is 12.1. The topological polar surface area (TPSA) is 40.7 Å². The summed E-state index contributed by atoms with van der Waals surface area (Å²) in [6.07, 6.45) is 2.47. The Balaban J connectivity index is 2.06. The van der Waals surface area contributed by atoms with Crippen LogP contribution in [0.4, 0.5) is 0 Å². The molecule has 1 aliphatic rings. The third-order valence-electron chi connectivity index (χ3n) is 3.44. The predicted octanol–water partition coefficient (Wildman–Crippen LogP) is 3.42. The van der Waals surface area contributed by atoms with Gasteiger partial charge in [-0.1, -0.05) is 49.3 Å². The lowest BCUT2D eigenvalue weighted by Gasteiger charge is -2.22. The molecule has 0 radical (unpaired) electrons. The van der Waals surface area contributed by atoms with Crippen molar-refractivity contribution < 1.29 is 0 Å². The summed E-state index contributed by atoms with van der Waals surface area (Å²) in [4.78, 5) is 7.53. The molecule has 2 N–H and O–H groups in total. The number of imidazole rings is 1. The highest BCUT2D eigenvalue weighted by molar-refractivity contribution is 7.80. The van der Waals surface area contributed by atoms with Gasteiger partial charge in [-0.2, -0.15) is 0 Å². The molecule has 0 aliphatic heterocycles. The van der Waals surface area contributed by atoms with Crippen LogP contribution >= 0.6 is 35.4 Å². The lowest BCUT2D eigenvalue weighted by molar-refractivity contribution is 0.419. The number of nitrogens with zero attached hydrogens (tertiary/aromatic N) is 1. The molecule has 2 atom stereocenters. The first-order valence-corrected chi connectivity index (χ1v) is 6.87. The van der Waals surface area contributed by atoms with Crippen molar-refractivity contribution in [1.82, 2.24) is 15.3 Å². The molecule has 3 nitrogen and oxygen atoms in total. The van der Waals surface area contributed by atoms with Crippen molar-refractivity contribution in [2.45, 2.75) is 32.7 Å². The lowest BCUT2D eigenvalue weighted by Crippen LogP contribution is -2.39. The number of hydrogen-bond acceptors (Lipinski definition) is 2. The third kappa shape index (κ3) is 2.75. The molecule has 0 spiro atoms. The molecule has 0 aromatic carbocycles. The molecule has 1 aliphatic carbocycles. The van der Waals surface area contributed by atoms with E-state index in [9.17, 15) is 0 Å². The maximum atomic E-state index is 5.81. The molecule has 0 bridgehead atoms. The molecular weight excluding hydrogens is 277 g/mol. The number of thiocarbonyl (C=S) groups is 1. The van der Waals surface area contributed by atoms with E-state index in [0.717, 1.165) is 0 Å². The summed E-state index contributed by atoms with van der Waals surface area (Å²) in [7, 11) is 0. The molecule has 0 unspecified atom stereocenters. The second-order valence-corrected chi connectivity index (χ2v) is 5.87. The zero-order chi connectivity index (χ0) is 12.6. The Hall–Kier alpha value is -0.320. The first kappa shape index (κ1) is 13.1. The number of aromatic nitrogens is 2. The fourth-order valence-corrected chi connectivity index (χ4v) is 2.88. The molecule has 2 rings (SSSR count). The molecule has 17 heavy (non-hydrogen) atoms. The fraction of sp³-hybridized carbons (Fsp3) is 0.636. The Kier molecular flexibility index (Phi) is 3.95. The van der Waals surface area contributed by atoms with E-state index in [2.05, 4.69) is 29.1 Å².